The summed E-state index contributed by atoms with van der Waals surface area (Å²) in [4.78, 5) is 10.5. The van der Waals surface area contributed by atoms with E-state index in [1.165, 1.54) is 6.07 Å². The molecule has 0 heterocycles. The summed E-state index contributed by atoms with van der Waals surface area (Å²) in [7, 11) is -1.51. The summed E-state index contributed by atoms with van der Waals surface area (Å²) < 4.78 is 29.6. The zero-order chi connectivity index (χ0) is 19.8. The zero-order valence-corrected chi connectivity index (χ0v) is 16.3. The van der Waals surface area contributed by atoms with Gasteiger partial charge in [0.05, 0.1) is 37.7 Å². The first-order chi connectivity index (χ1) is 11.9. The van der Waals surface area contributed by atoms with Crippen LogP contribution in [0.1, 0.15) is 58.9 Å². The van der Waals surface area contributed by atoms with Crippen molar-refractivity contribution in [3.05, 3.63) is 39.7 Å². The predicted molar refractivity (Wildman–Crippen MR) is 98.0 cm³/mol. The minimum Gasteiger partial charge on any atom is -0.258 e. The van der Waals surface area contributed by atoms with Crippen molar-refractivity contribution in [2.24, 2.45) is 5.41 Å². The standard InChI is InChI=1S/C18H24FN3O3S/c1-16(2,3)26(25)21-17(4,7-8-18(12-20)9-10-18)14-11-13(22(23)24)5-6-15(14)19/h5-6,11,21H,7-10H2,1-4H3/t17-,26+/m0/s1. The maximum atomic E-state index is 14.6. The van der Waals surface area contributed by atoms with Gasteiger partial charge in [0.2, 0.25) is 0 Å². The monoisotopic (exact) mass is 381 g/mol. The van der Waals surface area contributed by atoms with Gasteiger partial charge >= 0.3 is 0 Å². The van der Waals surface area contributed by atoms with Crippen LogP contribution in [0.3, 0.4) is 0 Å². The molecule has 1 aliphatic rings. The molecule has 142 valence electrons. The molecule has 6 nitrogen and oxygen atoms in total. The molecule has 0 unspecified atom stereocenters. The minimum absolute atomic E-state index is 0.0954. The van der Waals surface area contributed by atoms with Crippen molar-refractivity contribution < 1.29 is 13.5 Å². The average Bonchev–Trinajstić information content (AvgIpc) is 3.33. The summed E-state index contributed by atoms with van der Waals surface area (Å²) in [6, 6.07) is 5.66. The smallest absolute Gasteiger partial charge is 0.258 e. The van der Waals surface area contributed by atoms with E-state index in [4.69, 9.17) is 0 Å². The number of nitrogens with zero attached hydrogens (tertiary/aromatic N) is 2. The van der Waals surface area contributed by atoms with E-state index in [0.717, 1.165) is 25.0 Å². The van der Waals surface area contributed by atoms with Crippen molar-refractivity contribution in [2.45, 2.75) is 63.7 Å². The summed E-state index contributed by atoms with van der Waals surface area (Å²) >= 11 is 0. The van der Waals surface area contributed by atoms with Gasteiger partial charge in [-0.1, -0.05) is 0 Å². The van der Waals surface area contributed by atoms with Gasteiger partial charge in [-0.3, -0.25) is 10.1 Å². The molecule has 0 radical (unpaired) electrons. The molecular formula is C18H24FN3O3S. The third kappa shape index (κ3) is 4.46. The summed E-state index contributed by atoms with van der Waals surface area (Å²) in [5, 5.41) is 20.4. The fourth-order valence-corrected chi connectivity index (χ4v) is 3.63. The van der Waals surface area contributed by atoms with Crippen LogP contribution in [0.15, 0.2) is 18.2 Å². The number of rotatable bonds is 7. The van der Waals surface area contributed by atoms with Crippen LogP contribution in [0, 0.1) is 32.7 Å². The lowest BCUT2D eigenvalue weighted by Crippen LogP contribution is -2.47. The summed E-state index contributed by atoms with van der Waals surface area (Å²) in [5.74, 6) is -0.599. The third-order valence-corrected chi connectivity index (χ3v) is 6.57. The molecule has 0 aliphatic heterocycles. The van der Waals surface area contributed by atoms with E-state index in [1.54, 1.807) is 27.7 Å². The van der Waals surface area contributed by atoms with E-state index in [9.17, 15) is 24.0 Å². The lowest BCUT2D eigenvalue weighted by atomic mass is 9.84. The van der Waals surface area contributed by atoms with Crippen molar-refractivity contribution >= 4 is 16.7 Å². The van der Waals surface area contributed by atoms with Gasteiger partial charge in [0, 0.05) is 17.7 Å². The van der Waals surface area contributed by atoms with Gasteiger partial charge in [0.1, 0.15) is 5.82 Å². The first-order valence-electron chi connectivity index (χ1n) is 8.48. The fourth-order valence-electron chi connectivity index (χ4n) is 2.71. The average molecular weight is 381 g/mol. The molecule has 1 fully saturated rings. The van der Waals surface area contributed by atoms with Crippen molar-refractivity contribution in [1.29, 1.82) is 5.26 Å². The van der Waals surface area contributed by atoms with E-state index in [2.05, 4.69) is 10.8 Å². The highest BCUT2D eigenvalue weighted by atomic mass is 32.2. The van der Waals surface area contributed by atoms with E-state index < -0.39 is 37.4 Å². The van der Waals surface area contributed by atoms with Crippen LogP contribution < -0.4 is 4.72 Å². The second kappa shape index (κ2) is 7.05. The first-order valence-corrected chi connectivity index (χ1v) is 9.63. The Hall–Kier alpha value is -1.85. The van der Waals surface area contributed by atoms with Crippen LogP contribution in [0.4, 0.5) is 10.1 Å². The van der Waals surface area contributed by atoms with Gasteiger partial charge in [-0.25, -0.2) is 13.3 Å². The van der Waals surface area contributed by atoms with Crippen LogP contribution in [0.25, 0.3) is 0 Å². The van der Waals surface area contributed by atoms with Gasteiger partial charge < -0.3 is 0 Å². The van der Waals surface area contributed by atoms with Gasteiger partial charge in [-0.05, 0) is 59.4 Å². The molecule has 1 N–H and O–H groups in total. The Bertz CT molecular complexity index is 781. The second-order valence-electron chi connectivity index (χ2n) is 8.13. The number of benzene rings is 1. The highest BCUT2D eigenvalue weighted by molar-refractivity contribution is 7.84. The van der Waals surface area contributed by atoms with Crippen LogP contribution in [0.5, 0.6) is 0 Å². The number of hydrogen-bond acceptors (Lipinski definition) is 4. The van der Waals surface area contributed by atoms with Crippen LogP contribution in [-0.4, -0.2) is 13.9 Å². The molecule has 2 rings (SSSR count). The van der Waals surface area contributed by atoms with E-state index in [-0.39, 0.29) is 11.3 Å². The maximum Gasteiger partial charge on any atom is 0.269 e. The molecule has 0 amide bonds. The lowest BCUT2D eigenvalue weighted by Gasteiger charge is -2.34. The Morgan fingerprint density at radius 1 is 1.38 bits per heavy atom. The number of nitriles is 1. The van der Waals surface area contributed by atoms with E-state index in [0.29, 0.717) is 12.8 Å². The quantitative estimate of drug-likeness (QED) is 0.568. The van der Waals surface area contributed by atoms with Crippen LogP contribution in [0.2, 0.25) is 0 Å². The molecule has 0 saturated heterocycles. The number of nitrogens with one attached hydrogen (secondary N) is 1. The predicted octanol–water partition coefficient (Wildman–Crippen LogP) is 4.08. The van der Waals surface area contributed by atoms with Gasteiger partial charge in [-0.2, -0.15) is 5.26 Å². The highest BCUT2D eigenvalue weighted by Crippen LogP contribution is 2.50. The molecule has 1 aliphatic carbocycles. The number of hydrogen-bond donors (Lipinski definition) is 1. The highest BCUT2D eigenvalue weighted by Gasteiger charge is 2.45. The Balaban J connectivity index is 2.42. The number of halogens is 1. The zero-order valence-electron chi connectivity index (χ0n) is 15.5. The largest absolute Gasteiger partial charge is 0.269 e. The molecule has 1 aromatic rings. The number of non-ortho nitro benzene ring substituents is 1. The molecule has 8 heteroatoms. The van der Waals surface area contributed by atoms with Crippen molar-refractivity contribution in [1.82, 2.24) is 4.72 Å². The van der Waals surface area contributed by atoms with E-state index >= 15 is 0 Å². The molecule has 0 aromatic heterocycles. The van der Waals surface area contributed by atoms with Crippen LogP contribution >= 0.6 is 0 Å². The Kier molecular flexibility index (Phi) is 5.54. The minimum atomic E-state index is -1.51. The summed E-state index contributed by atoms with van der Waals surface area (Å²) in [6.07, 6.45) is 2.44. The van der Waals surface area contributed by atoms with Crippen molar-refractivity contribution in [2.75, 3.05) is 0 Å². The molecular weight excluding hydrogens is 357 g/mol. The first kappa shape index (κ1) is 20.5. The van der Waals surface area contributed by atoms with Crippen molar-refractivity contribution in [3.63, 3.8) is 0 Å². The SMILES string of the molecule is CC(C)(C)[S@@](=O)N[C@@](C)(CCC1(C#N)CC1)c1cc([N+](=O)[O-])ccc1F. The second-order valence-corrected chi connectivity index (χ2v) is 10.1. The molecule has 1 aromatic carbocycles. The van der Waals surface area contributed by atoms with Gasteiger partial charge in [0.15, 0.2) is 0 Å². The third-order valence-electron chi connectivity index (χ3n) is 4.82. The Morgan fingerprint density at radius 2 is 2.00 bits per heavy atom. The van der Waals surface area contributed by atoms with Crippen molar-refractivity contribution in [3.8, 4) is 6.07 Å². The van der Waals surface area contributed by atoms with Gasteiger partial charge in [0.25, 0.3) is 5.69 Å². The van der Waals surface area contributed by atoms with Crippen LogP contribution in [-0.2, 0) is 16.5 Å². The fraction of sp³-hybridized carbons (Fsp3) is 0.611. The Morgan fingerprint density at radius 3 is 2.46 bits per heavy atom. The number of nitro benzene ring substituents is 1. The maximum absolute atomic E-state index is 14.6. The van der Waals surface area contributed by atoms with Gasteiger partial charge in [-0.15, -0.1) is 0 Å². The molecule has 0 bridgehead atoms. The number of nitro groups is 1. The van der Waals surface area contributed by atoms with E-state index in [1.807, 2.05) is 0 Å². The summed E-state index contributed by atoms with van der Waals surface area (Å²) in [6.45, 7) is 7.06. The topological polar surface area (TPSA) is 96.0 Å². The Labute approximate surface area is 155 Å². The summed E-state index contributed by atoms with van der Waals surface area (Å²) in [5.41, 5.74) is -1.64. The molecule has 26 heavy (non-hydrogen) atoms. The normalized spacial score (nSPS) is 19.2. The molecule has 1 saturated carbocycles. The molecule has 2 atom stereocenters. The molecule has 0 spiro atoms. The lowest BCUT2D eigenvalue weighted by molar-refractivity contribution is -0.385.